The van der Waals surface area contributed by atoms with Crippen molar-refractivity contribution in [3.8, 4) is 0 Å². The Morgan fingerprint density at radius 2 is 2.25 bits per heavy atom. The Bertz CT molecular complexity index is 450. The number of benzene rings is 1. The molecule has 108 valence electrons. The van der Waals surface area contributed by atoms with Gasteiger partial charge in [0.1, 0.15) is 6.61 Å². The summed E-state index contributed by atoms with van der Waals surface area (Å²) in [5.74, 6) is 0. The summed E-state index contributed by atoms with van der Waals surface area (Å²) in [5, 5.41) is 12.6. The molecule has 0 aromatic heterocycles. The molecular formula is C14H18N2O4. The monoisotopic (exact) mass is 278 g/mol. The molecule has 2 rings (SSSR count). The molecule has 1 saturated heterocycles. The lowest BCUT2D eigenvalue weighted by atomic mass is 10.2. The van der Waals surface area contributed by atoms with Gasteiger partial charge >= 0.3 is 6.09 Å². The maximum atomic E-state index is 10.7. The third kappa shape index (κ3) is 4.55. The Hall–Kier alpha value is -2.08. The van der Waals surface area contributed by atoms with Gasteiger partial charge in [-0.05, 0) is 12.0 Å². The van der Waals surface area contributed by atoms with E-state index in [0.29, 0.717) is 26.3 Å². The molecule has 1 aliphatic heterocycles. The van der Waals surface area contributed by atoms with Crippen LogP contribution in [0.3, 0.4) is 0 Å². The zero-order valence-electron chi connectivity index (χ0n) is 11.1. The van der Waals surface area contributed by atoms with Gasteiger partial charge in [-0.2, -0.15) is 0 Å². The largest absolute Gasteiger partial charge is 0.465 e. The molecular weight excluding hydrogens is 260 g/mol. The fraction of sp³-hybridized carbons (Fsp3) is 0.429. The molecule has 0 radical (unpaired) electrons. The van der Waals surface area contributed by atoms with Crippen LogP contribution in [0.15, 0.2) is 35.5 Å². The number of oxime groups is 1. The summed E-state index contributed by atoms with van der Waals surface area (Å²) in [6.45, 7) is 1.70. The standard InChI is InChI=1S/C14H18N2O4/c17-14(18)16-8-6-13(10-16)19-9-7-15-20-11-12-4-2-1-3-5-12/h1-5,7,13H,6,8-11H2,(H,17,18). The highest BCUT2D eigenvalue weighted by Crippen LogP contribution is 2.12. The molecule has 1 aromatic rings. The van der Waals surface area contributed by atoms with Crippen LogP contribution in [0.25, 0.3) is 0 Å². The van der Waals surface area contributed by atoms with Crippen LogP contribution >= 0.6 is 0 Å². The van der Waals surface area contributed by atoms with Crippen LogP contribution in [0.1, 0.15) is 12.0 Å². The fourth-order valence-corrected chi connectivity index (χ4v) is 1.99. The van der Waals surface area contributed by atoms with Gasteiger partial charge in [-0.15, -0.1) is 0 Å². The molecule has 0 saturated carbocycles. The number of likely N-dealkylation sites (tertiary alicyclic amines) is 1. The van der Waals surface area contributed by atoms with Gasteiger partial charge in [0.05, 0.1) is 25.5 Å². The molecule has 0 aliphatic carbocycles. The van der Waals surface area contributed by atoms with Gasteiger partial charge in [-0.3, -0.25) is 0 Å². The van der Waals surface area contributed by atoms with Gasteiger partial charge < -0.3 is 19.6 Å². The average molecular weight is 278 g/mol. The molecule has 1 atom stereocenters. The number of hydrogen-bond donors (Lipinski definition) is 1. The second kappa shape index (κ2) is 7.49. The van der Waals surface area contributed by atoms with Crippen molar-refractivity contribution in [1.29, 1.82) is 0 Å². The van der Waals surface area contributed by atoms with Crippen molar-refractivity contribution < 1.29 is 19.5 Å². The zero-order valence-corrected chi connectivity index (χ0v) is 11.1. The van der Waals surface area contributed by atoms with Crippen molar-refractivity contribution in [2.75, 3.05) is 19.7 Å². The number of ether oxygens (including phenoxy) is 1. The number of carbonyl (C=O) groups is 1. The maximum Gasteiger partial charge on any atom is 0.407 e. The van der Waals surface area contributed by atoms with E-state index in [-0.39, 0.29) is 6.10 Å². The van der Waals surface area contributed by atoms with Crippen LogP contribution < -0.4 is 0 Å². The van der Waals surface area contributed by atoms with E-state index in [1.54, 1.807) is 6.21 Å². The molecule has 1 fully saturated rings. The minimum Gasteiger partial charge on any atom is -0.465 e. The van der Waals surface area contributed by atoms with E-state index >= 15 is 0 Å². The smallest absolute Gasteiger partial charge is 0.407 e. The first-order valence-electron chi connectivity index (χ1n) is 6.53. The van der Waals surface area contributed by atoms with Gasteiger partial charge in [-0.1, -0.05) is 35.5 Å². The van der Waals surface area contributed by atoms with E-state index in [0.717, 1.165) is 12.0 Å². The summed E-state index contributed by atoms with van der Waals surface area (Å²) in [7, 11) is 0. The number of carboxylic acid groups (broad SMARTS) is 1. The van der Waals surface area contributed by atoms with Crippen molar-refractivity contribution >= 4 is 12.3 Å². The second-order valence-corrected chi connectivity index (χ2v) is 4.52. The van der Waals surface area contributed by atoms with E-state index in [4.69, 9.17) is 14.7 Å². The van der Waals surface area contributed by atoms with E-state index in [1.807, 2.05) is 30.3 Å². The molecule has 0 spiro atoms. The average Bonchev–Trinajstić information content (AvgIpc) is 2.93. The molecule has 20 heavy (non-hydrogen) atoms. The predicted molar refractivity (Wildman–Crippen MR) is 73.7 cm³/mol. The number of amides is 1. The molecule has 1 aromatic carbocycles. The Labute approximate surface area is 117 Å². The molecule has 1 amide bonds. The highest BCUT2D eigenvalue weighted by Gasteiger charge is 2.25. The van der Waals surface area contributed by atoms with Crippen LogP contribution in [-0.2, 0) is 16.2 Å². The highest BCUT2D eigenvalue weighted by molar-refractivity contribution is 5.65. The predicted octanol–water partition coefficient (Wildman–Crippen LogP) is 1.96. The lowest BCUT2D eigenvalue weighted by Gasteiger charge is -2.11. The minimum atomic E-state index is -0.893. The normalized spacial score (nSPS) is 18.6. The quantitative estimate of drug-likeness (QED) is 0.638. The molecule has 0 bridgehead atoms. The first-order chi connectivity index (χ1) is 9.75. The highest BCUT2D eigenvalue weighted by atomic mass is 16.6. The van der Waals surface area contributed by atoms with Gasteiger partial charge in [0.2, 0.25) is 0 Å². The van der Waals surface area contributed by atoms with Crippen molar-refractivity contribution in [1.82, 2.24) is 4.90 Å². The summed E-state index contributed by atoms with van der Waals surface area (Å²) in [6.07, 6.45) is 1.33. The van der Waals surface area contributed by atoms with E-state index < -0.39 is 6.09 Å². The van der Waals surface area contributed by atoms with Crippen molar-refractivity contribution in [2.45, 2.75) is 19.1 Å². The number of nitrogens with zero attached hydrogens (tertiary/aromatic N) is 2. The molecule has 6 nitrogen and oxygen atoms in total. The fourth-order valence-electron chi connectivity index (χ4n) is 1.99. The maximum absolute atomic E-state index is 10.7. The van der Waals surface area contributed by atoms with Crippen molar-refractivity contribution in [2.24, 2.45) is 5.16 Å². The molecule has 1 aliphatic rings. The van der Waals surface area contributed by atoms with Crippen LogP contribution in [0, 0.1) is 0 Å². The van der Waals surface area contributed by atoms with Crippen LogP contribution in [0.4, 0.5) is 4.79 Å². The minimum absolute atomic E-state index is 0.0494. The van der Waals surface area contributed by atoms with Crippen LogP contribution in [0.2, 0.25) is 0 Å². The SMILES string of the molecule is O=C(O)N1CCC(OCC=NOCc2ccccc2)C1. The summed E-state index contributed by atoms with van der Waals surface area (Å²) in [6, 6.07) is 9.76. The number of hydrogen-bond acceptors (Lipinski definition) is 4. The Kier molecular flexibility index (Phi) is 5.37. The van der Waals surface area contributed by atoms with Gasteiger partial charge in [0.15, 0.2) is 0 Å². The molecule has 1 unspecified atom stereocenters. The summed E-state index contributed by atoms with van der Waals surface area (Å²) in [5.41, 5.74) is 1.05. The number of rotatable bonds is 6. The van der Waals surface area contributed by atoms with Crippen molar-refractivity contribution in [3.63, 3.8) is 0 Å². The lowest BCUT2D eigenvalue weighted by molar-refractivity contribution is 0.0821. The van der Waals surface area contributed by atoms with Gasteiger partial charge in [-0.25, -0.2) is 4.79 Å². The van der Waals surface area contributed by atoms with E-state index in [1.165, 1.54) is 4.90 Å². The first-order valence-corrected chi connectivity index (χ1v) is 6.53. The third-order valence-electron chi connectivity index (χ3n) is 3.05. The Morgan fingerprint density at radius 1 is 1.45 bits per heavy atom. The summed E-state index contributed by atoms with van der Waals surface area (Å²) < 4.78 is 5.50. The Morgan fingerprint density at radius 3 is 2.95 bits per heavy atom. The second-order valence-electron chi connectivity index (χ2n) is 4.52. The Balaban J connectivity index is 1.57. The first kappa shape index (κ1) is 14.3. The van der Waals surface area contributed by atoms with E-state index in [2.05, 4.69) is 5.16 Å². The summed E-state index contributed by atoms with van der Waals surface area (Å²) >= 11 is 0. The zero-order chi connectivity index (χ0) is 14.2. The van der Waals surface area contributed by atoms with Crippen LogP contribution in [-0.4, -0.2) is 48.1 Å². The van der Waals surface area contributed by atoms with Gasteiger partial charge in [0.25, 0.3) is 0 Å². The topological polar surface area (TPSA) is 71.4 Å². The summed E-state index contributed by atoms with van der Waals surface area (Å²) in [4.78, 5) is 17.2. The lowest BCUT2D eigenvalue weighted by Crippen LogP contribution is -2.28. The third-order valence-corrected chi connectivity index (χ3v) is 3.05. The van der Waals surface area contributed by atoms with Crippen molar-refractivity contribution in [3.05, 3.63) is 35.9 Å². The molecule has 1 N–H and O–H groups in total. The van der Waals surface area contributed by atoms with Crippen LogP contribution in [0.5, 0.6) is 0 Å². The van der Waals surface area contributed by atoms with Gasteiger partial charge in [0, 0.05) is 6.54 Å². The van der Waals surface area contributed by atoms with E-state index in [9.17, 15) is 4.79 Å². The molecule has 1 heterocycles. The molecule has 6 heteroatoms.